The Bertz CT molecular complexity index is 1200. The van der Waals surface area contributed by atoms with Gasteiger partial charge in [0.1, 0.15) is 23.3 Å². The van der Waals surface area contributed by atoms with Gasteiger partial charge in [-0.15, -0.1) is 0 Å². The first-order chi connectivity index (χ1) is 13.6. The van der Waals surface area contributed by atoms with Gasteiger partial charge in [-0.2, -0.15) is 0 Å². The van der Waals surface area contributed by atoms with Gasteiger partial charge in [0.05, 0.1) is 10.9 Å². The molecule has 0 bridgehead atoms. The van der Waals surface area contributed by atoms with E-state index in [1.807, 2.05) is 0 Å². The second-order valence-corrected chi connectivity index (χ2v) is 6.20. The zero-order valence-corrected chi connectivity index (χ0v) is 15.1. The van der Waals surface area contributed by atoms with E-state index in [1.165, 1.54) is 36.9 Å². The Hall–Kier alpha value is -3.64. The van der Waals surface area contributed by atoms with Gasteiger partial charge in [0.25, 0.3) is 0 Å². The van der Waals surface area contributed by atoms with Crippen LogP contribution in [0, 0.1) is 0 Å². The number of hydrogen-bond donors (Lipinski definition) is 0. The summed E-state index contributed by atoms with van der Waals surface area (Å²) >= 11 is 5.84. The van der Waals surface area contributed by atoms with Crippen molar-refractivity contribution < 1.29 is 18.7 Å². The lowest BCUT2D eigenvalue weighted by Gasteiger charge is -2.07. The van der Waals surface area contributed by atoms with Gasteiger partial charge in [-0.05, 0) is 48.5 Å². The zero-order chi connectivity index (χ0) is 19.5. The van der Waals surface area contributed by atoms with Crippen LogP contribution in [0.5, 0.6) is 17.2 Å². The molecule has 0 amide bonds. The van der Waals surface area contributed by atoms with Gasteiger partial charge in [0, 0.05) is 23.5 Å². The van der Waals surface area contributed by atoms with Crippen LogP contribution in [0.4, 0.5) is 0 Å². The summed E-state index contributed by atoms with van der Waals surface area (Å²) in [5.41, 5.74) is 0.292. The monoisotopic (exact) mass is 393 g/mol. The van der Waals surface area contributed by atoms with Gasteiger partial charge in [-0.3, -0.25) is 9.78 Å². The number of halogens is 1. The highest BCUT2D eigenvalue weighted by molar-refractivity contribution is 6.30. The molecule has 0 fully saturated rings. The molecule has 6 nitrogen and oxygen atoms in total. The molecule has 7 heteroatoms. The fourth-order valence-electron chi connectivity index (χ4n) is 2.51. The molecule has 0 saturated carbocycles. The number of esters is 1. The highest BCUT2D eigenvalue weighted by Gasteiger charge is 2.13. The second-order valence-electron chi connectivity index (χ2n) is 5.77. The Balaban J connectivity index is 1.60. The normalized spacial score (nSPS) is 10.6. The SMILES string of the molecule is O=C(Oc1ccc2c(=O)c(Oc3ccc(Cl)cc3)coc2c1)c1ccncc1. The Labute approximate surface area is 163 Å². The number of carbonyl (C=O) groups is 1. The maximum atomic E-state index is 12.6. The summed E-state index contributed by atoms with van der Waals surface area (Å²) < 4.78 is 16.4. The minimum atomic E-state index is -0.535. The Morgan fingerprint density at radius 1 is 0.964 bits per heavy atom. The zero-order valence-electron chi connectivity index (χ0n) is 14.3. The molecule has 0 aliphatic rings. The van der Waals surface area contributed by atoms with Crippen LogP contribution in [-0.4, -0.2) is 11.0 Å². The van der Waals surface area contributed by atoms with E-state index in [4.69, 9.17) is 25.5 Å². The van der Waals surface area contributed by atoms with E-state index in [1.54, 1.807) is 36.4 Å². The lowest BCUT2D eigenvalue weighted by molar-refractivity contribution is 0.0735. The third kappa shape index (κ3) is 3.72. The summed E-state index contributed by atoms with van der Waals surface area (Å²) in [6.07, 6.45) is 4.21. The number of hydrogen-bond acceptors (Lipinski definition) is 6. The van der Waals surface area contributed by atoms with Crippen LogP contribution in [-0.2, 0) is 0 Å². The van der Waals surface area contributed by atoms with Crippen LogP contribution in [0.15, 0.2) is 82.5 Å². The molecule has 2 aromatic heterocycles. The van der Waals surface area contributed by atoms with E-state index in [-0.39, 0.29) is 22.5 Å². The Morgan fingerprint density at radius 3 is 2.43 bits per heavy atom. The van der Waals surface area contributed by atoms with Crippen LogP contribution in [0.3, 0.4) is 0 Å². The number of ether oxygens (including phenoxy) is 2. The van der Waals surface area contributed by atoms with Crippen molar-refractivity contribution in [2.45, 2.75) is 0 Å². The van der Waals surface area contributed by atoms with Crippen LogP contribution >= 0.6 is 11.6 Å². The number of carbonyl (C=O) groups excluding carboxylic acids is 1. The fraction of sp³-hybridized carbons (Fsp3) is 0. The van der Waals surface area contributed by atoms with E-state index in [2.05, 4.69) is 4.98 Å². The van der Waals surface area contributed by atoms with E-state index < -0.39 is 5.97 Å². The first-order valence-electron chi connectivity index (χ1n) is 8.21. The van der Waals surface area contributed by atoms with Crippen molar-refractivity contribution in [3.05, 3.63) is 94.1 Å². The highest BCUT2D eigenvalue weighted by Crippen LogP contribution is 2.25. The van der Waals surface area contributed by atoms with Crippen LogP contribution in [0.2, 0.25) is 5.02 Å². The quantitative estimate of drug-likeness (QED) is 0.364. The third-order valence-corrected chi connectivity index (χ3v) is 4.13. The summed E-state index contributed by atoms with van der Waals surface area (Å²) in [6, 6.07) is 14.2. The fourth-order valence-corrected chi connectivity index (χ4v) is 2.63. The molecule has 4 aromatic rings. The van der Waals surface area contributed by atoms with Crippen molar-refractivity contribution in [3.8, 4) is 17.2 Å². The summed E-state index contributed by atoms with van der Waals surface area (Å²) in [5.74, 6) is 0.214. The predicted molar refractivity (Wildman–Crippen MR) is 103 cm³/mol. The van der Waals surface area contributed by atoms with Crippen molar-refractivity contribution >= 4 is 28.5 Å². The molecule has 4 rings (SSSR count). The van der Waals surface area contributed by atoms with Crippen molar-refractivity contribution in [2.75, 3.05) is 0 Å². The first-order valence-corrected chi connectivity index (χ1v) is 8.59. The molecule has 2 heterocycles. The van der Waals surface area contributed by atoms with Crippen LogP contribution < -0.4 is 14.9 Å². The minimum Gasteiger partial charge on any atom is -0.460 e. The molecule has 0 saturated heterocycles. The molecule has 0 atom stereocenters. The molecular weight excluding hydrogens is 382 g/mol. The third-order valence-electron chi connectivity index (χ3n) is 3.88. The number of pyridine rings is 1. The lowest BCUT2D eigenvalue weighted by atomic mass is 10.2. The smallest absolute Gasteiger partial charge is 0.343 e. The van der Waals surface area contributed by atoms with Gasteiger partial charge in [0.15, 0.2) is 0 Å². The minimum absolute atomic E-state index is 0.0383. The van der Waals surface area contributed by atoms with Gasteiger partial charge in [0.2, 0.25) is 11.2 Å². The molecule has 0 aliphatic carbocycles. The average Bonchev–Trinajstić information content (AvgIpc) is 2.72. The molecule has 28 heavy (non-hydrogen) atoms. The topological polar surface area (TPSA) is 78.6 Å². The second kappa shape index (κ2) is 7.54. The molecule has 0 spiro atoms. The number of nitrogens with zero attached hydrogens (tertiary/aromatic N) is 1. The lowest BCUT2D eigenvalue weighted by Crippen LogP contribution is -2.09. The molecule has 0 N–H and O–H groups in total. The van der Waals surface area contributed by atoms with Gasteiger partial charge >= 0.3 is 5.97 Å². The summed E-state index contributed by atoms with van der Waals surface area (Å²) in [5, 5.41) is 0.863. The largest absolute Gasteiger partial charge is 0.460 e. The maximum Gasteiger partial charge on any atom is 0.343 e. The molecule has 0 aliphatic heterocycles. The van der Waals surface area contributed by atoms with E-state index in [0.29, 0.717) is 21.7 Å². The maximum absolute atomic E-state index is 12.6. The van der Waals surface area contributed by atoms with Crippen molar-refractivity contribution in [2.24, 2.45) is 0 Å². The van der Waals surface area contributed by atoms with E-state index in [0.717, 1.165) is 0 Å². The number of fused-ring (bicyclic) bond motifs is 1. The summed E-state index contributed by atoms with van der Waals surface area (Å²) in [7, 11) is 0. The number of benzene rings is 2. The average molecular weight is 394 g/mol. The van der Waals surface area contributed by atoms with Crippen molar-refractivity contribution in [3.63, 3.8) is 0 Å². The molecule has 0 unspecified atom stereocenters. The number of rotatable bonds is 4. The molecule has 0 radical (unpaired) electrons. The van der Waals surface area contributed by atoms with Crippen LogP contribution in [0.1, 0.15) is 10.4 Å². The van der Waals surface area contributed by atoms with E-state index >= 15 is 0 Å². The van der Waals surface area contributed by atoms with Crippen molar-refractivity contribution in [1.82, 2.24) is 4.98 Å². The van der Waals surface area contributed by atoms with Gasteiger partial charge < -0.3 is 13.9 Å². The van der Waals surface area contributed by atoms with E-state index in [9.17, 15) is 9.59 Å². The standard InChI is InChI=1S/C21H12ClNO5/c22-14-1-3-15(4-2-14)27-19-12-26-18-11-16(5-6-17(18)20(19)24)28-21(25)13-7-9-23-10-8-13/h1-12H. The molecular formula is C21H12ClNO5. The highest BCUT2D eigenvalue weighted by atomic mass is 35.5. The summed E-state index contributed by atoms with van der Waals surface area (Å²) in [6.45, 7) is 0. The van der Waals surface area contributed by atoms with Crippen LogP contribution in [0.25, 0.3) is 11.0 Å². The Kier molecular flexibility index (Phi) is 4.78. The molecule has 2 aromatic carbocycles. The van der Waals surface area contributed by atoms with Gasteiger partial charge in [-0.1, -0.05) is 11.6 Å². The van der Waals surface area contributed by atoms with Crippen molar-refractivity contribution in [1.29, 1.82) is 0 Å². The Morgan fingerprint density at radius 2 is 1.68 bits per heavy atom. The van der Waals surface area contributed by atoms with Gasteiger partial charge in [-0.25, -0.2) is 4.79 Å². The number of aromatic nitrogens is 1. The predicted octanol–water partition coefficient (Wildman–Crippen LogP) is 4.85. The summed E-state index contributed by atoms with van der Waals surface area (Å²) in [4.78, 5) is 28.6. The first kappa shape index (κ1) is 17.8. The molecule has 138 valence electrons.